The predicted molar refractivity (Wildman–Crippen MR) is 84.8 cm³/mol. The van der Waals surface area contributed by atoms with Crippen molar-refractivity contribution in [1.29, 1.82) is 0 Å². The highest BCUT2D eigenvalue weighted by Crippen LogP contribution is 2.21. The van der Waals surface area contributed by atoms with Gasteiger partial charge in [0.25, 0.3) is 5.91 Å². The summed E-state index contributed by atoms with van der Waals surface area (Å²) in [6.07, 6.45) is 0.299. The summed E-state index contributed by atoms with van der Waals surface area (Å²) >= 11 is 5.90. The number of amides is 2. The molecule has 0 spiro atoms. The minimum absolute atomic E-state index is 0. The maximum Gasteiger partial charge on any atom is 0.258 e. The van der Waals surface area contributed by atoms with Crippen molar-refractivity contribution in [3.8, 4) is 0 Å². The highest BCUT2D eigenvalue weighted by molar-refractivity contribution is 6.33. The van der Waals surface area contributed by atoms with E-state index in [2.05, 4.69) is 0 Å². The summed E-state index contributed by atoms with van der Waals surface area (Å²) in [7, 11) is 0. The van der Waals surface area contributed by atoms with Gasteiger partial charge in [-0.1, -0.05) is 17.7 Å². The van der Waals surface area contributed by atoms with Gasteiger partial charge in [-0.3, -0.25) is 9.59 Å². The van der Waals surface area contributed by atoms with E-state index in [0.717, 1.165) is 0 Å². The third-order valence-corrected chi connectivity index (χ3v) is 3.77. The van der Waals surface area contributed by atoms with Gasteiger partial charge in [-0.15, -0.1) is 12.4 Å². The van der Waals surface area contributed by atoms with Crippen molar-refractivity contribution in [3.63, 3.8) is 0 Å². The summed E-state index contributed by atoms with van der Waals surface area (Å²) in [5.41, 5.74) is 5.24. The van der Waals surface area contributed by atoms with Gasteiger partial charge in [0.2, 0.25) is 5.91 Å². The summed E-state index contributed by atoms with van der Waals surface area (Å²) in [4.78, 5) is 27.2. The molecule has 0 radical (unpaired) electrons. The van der Waals surface area contributed by atoms with E-state index >= 15 is 0 Å². The van der Waals surface area contributed by atoms with Gasteiger partial charge >= 0.3 is 0 Å². The number of hydrogen-bond donors (Lipinski definition) is 1. The van der Waals surface area contributed by atoms with E-state index in [1.165, 1.54) is 23.1 Å². The molecular weight excluding hydrogens is 332 g/mol. The highest BCUT2D eigenvalue weighted by atomic mass is 35.5. The number of halogens is 3. The molecule has 2 amide bonds. The fourth-order valence-electron chi connectivity index (χ4n) is 2.30. The predicted octanol–water partition coefficient (Wildman–Crippen LogP) is 1.53. The second kappa shape index (κ2) is 8.31. The highest BCUT2D eigenvalue weighted by Gasteiger charge is 2.27. The van der Waals surface area contributed by atoms with Crippen LogP contribution in [0.4, 0.5) is 4.39 Å². The van der Waals surface area contributed by atoms with Crippen molar-refractivity contribution >= 4 is 35.8 Å². The minimum Gasteiger partial charge on any atom is -0.339 e. The van der Waals surface area contributed by atoms with Gasteiger partial charge in [0, 0.05) is 39.1 Å². The van der Waals surface area contributed by atoms with Crippen LogP contribution in [0.3, 0.4) is 0 Å². The number of rotatable bonds is 3. The fraction of sp³-hybridized carbons (Fsp3) is 0.429. The molecule has 1 heterocycles. The van der Waals surface area contributed by atoms with E-state index in [4.69, 9.17) is 17.3 Å². The first kappa shape index (κ1) is 18.7. The number of nitrogens with zero attached hydrogens (tertiary/aromatic N) is 2. The minimum atomic E-state index is -0.630. The number of nitrogens with two attached hydrogens (primary N) is 1. The number of carbonyl (C=O) groups is 2. The average Bonchev–Trinajstić information content (AvgIpc) is 2.47. The van der Waals surface area contributed by atoms with Crippen LogP contribution < -0.4 is 5.73 Å². The van der Waals surface area contributed by atoms with Crippen LogP contribution in [0, 0.1) is 5.82 Å². The van der Waals surface area contributed by atoms with E-state index < -0.39 is 11.7 Å². The number of hydrogen-bond acceptors (Lipinski definition) is 3. The zero-order valence-electron chi connectivity index (χ0n) is 11.9. The van der Waals surface area contributed by atoms with Crippen molar-refractivity contribution in [1.82, 2.24) is 9.80 Å². The number of carbonyl (C=O) groups excluding carboxylic acids is 2. The molecule has 0 bridgehead atoms. The zero-order valence-corrected chi connectivity index (χ0v) is 13.5. The van der Waals surface area contributed by atoms with E-state index in [1.807, 2.05) is 0 Å². The molecule has 0 aliphatic carbocycles. The van der Waals surface area contributed by atoms with Gasteiger partial charge in [-0.2, -0.15) is 0 Å². The maximum atomic E-state index is 13.8. The van der Waals surface area contributed by atoms with Gasteiger partial charge in [0.1, 0.15) is 5.82 Å². The lowest BCUT2D eigenvalue weighted by Gasteiger charge is -2.35. The zero-order chi connectivity index (χ0) is 15.4. The summed E-state index contributed by atoms with van der Waals surface area (Å²) in [5.74, 6) is -1.09. The lowest BCUT2D eigenvalue weighted by molar-refractivity contribution is -0.132. The molecule has 0 unspecified atom stereocenters. The number of piperazine rings is 1. The Morgan fingerprint density at radius 1 is 1.18 bits per heavy atom. The summed E-state index contributed by atoms with van der Waals surface area (Å²) in [6.45, 7) is 1.88. The molecular formula is C14H18Cl2FN3O2. The van der Waals surface area contributed by atoms with Gasteiger partial charge in [0.05, 0.1) is 10.6 Å². The van der Waals surface area contributed by atoms with Gasteiger partial charge in [0.15, 0.2) is 0 Å². The molecule has 1 saturated heterocycles. The second-order valence-corrected chi connectivity index (χ2v) is 5.22. The van der Waals surface area contributed by atoms with Crippen molar-refractivity contribution in [2.24, 2.45) is 5.73 Å². The topological polar surface area (TPSA) is 66.6 Å². The number of benzene rings is 1. The molecule has 122 valence electrons. The Balaban J connectivity index is 0.00000242. The Labute approximate surface area is 139 Å². The van der Waals surface area contributed by atoms with Gasteiger partial charge in [-0.25, -0.2) is 4.39 Å². The van der Waals surface area contributed by atoms with Crippen LogP contribution in [0.1, 0.15) is 16.8 Å². The third-order valence-electron chi connectivity index (χ3n) is 3.45. The first-order valence-electron chi connectivity index (χ1n) is 6.75. The van der Waals surface area contributed by atoms with Crippen LogP contribution in [0.5, 0.6) is 0 Å². The average molecular weight is 350 g/mol. The molecule has 1 aromatic rings. The third kappa shape index (κ3) is 4.09. The monoisotopic (exact) mass is 349 g/mol. The molecule has 1 aliphatic heterocycles. The van der Waals surface area contributed by atoms with E-state index in [-0.39, 0.29) is 28.9 Å². The van der Waals surface area contributed by atoms with Crippen molar-refractivity contribution in [3.05, 3.63) is 34.6 Å². The Hall–Kier alpha value is -1.37. The van der Waals surface area contributed by atoms with E-state index in [9.17, 15) is 14.0 Å². The summed E-state index contributed by atoms with van der Waals surface area (Å²) < 4.78 is 13.8. The first-order chi connectivity index (χ1) is 10.0. The second-order valence-electron chi connectivity index (χ2n) is 4.81. The molecule has 2 rings (SSSR count). The Morgan fingerprint density at radius 3 is 2.32 bits per heavy atom. The Morgan fingerprint density at radius 2 is 1.77 bits per heavy atom. The van der Waals surface area contributed by atoms with Gasteiger partial charge < -0.3 is 15.5 Å². The van der Waals surface area contributed by atoms with Crippen LogP contribution in [0.2, 0.25) is 5.02 Å². The normalized spacial score (nSPS) is 14.5. The lowest BCUT2D eigenvalue weighted by atomic mass is 10.1. The molecule has 22 heavy (non-hydrogen) atoms. The largest absolute Gasteiger partial charge is 0.339 e. The molecule has 0 atom stereocenters. The van der Waals surface area contributed by atoms with Crippen LogP contribution in [-0.4, -0.2) is 54.3 Å². The smallest absolute Gasteiger partial charge is 0.258 e. The quantitative estimate of drug-likeness (QED) is 0.899. The lowest BCUT2D eigenvalue weighted by Crippen LogP contribution is -2.51. The fourth-order valence-corrected chi connectivity index (χ4v) is 2.54. The van der Waals surface area contributed by atoms with Crippen LogP contribution in [0.25, 0.3) is 0 Å². The van der Waals surface area contributed by atoms with Crippen LogP contribution in [-0.2, 0) is 4.79 Å². The van der Waals surface area contributed by atoms with Gasteiger partial charge in [-0.05, 0) is 12.1 Å². The van der Waals surface area contributed by atoms with Crippen LogP contribution in [0.15, 0.2) is 18.2 Å². The molecule has 5 nitrogen and oxygen atoms in total. The Bertz CT molecular complexity index is 529. The van der Waals surface area contributed by atoms with E-state index in [1.54, 1.807) is 4.90 Å². The molecule has 1 aromatic carbocycles. The van der Waals surface area contributed by atoms with Crippen molar-refractivity contribution in [2.45, 2.75) is 6.42 Å². The molecule has 1 fully saturated rings. The first-order valence-corrected chi connectivity index (χ1v) is 7.13. The molecule has 0 aromatic heterocycles. The van der Waals surface area contributed by atoms with Crippen molar-refractivity contribution < 1.29 is 14.0 Å². The van der Waals surface area contributed by atoms with E-state index in [0.29, 0.717) is 39.1 Å². The molecule has 0 saturated carbocycles. The van der Waals surface area contributed by atoms with Crippen LogP contribution >= 0.6 is 24.0 Å². The maximum absolute atomic E-state index is 13.8. The molecule has 1 aliphatic rings. The van der Waals surface area contributed by atoms with Crippen molar-refractivity contribution in [2.75, 3.05) is 32.7 Å². The SMILES string of the molecule is Cl.NCCC(=O)N1CCN(C(=O)c2c(F)cccc2Cl)CC1. The standard InChI is InChI=1S/C14H17ClFN3O2.ClH/c15-10-2-1-3-11(16)13(10)14(21)19-8-6-18(7-9-19)12(20)4-5-17;/h1-3H,4-9,17H2;1H. The molecule has 2 N–H and O–H groups in total. The molecule has 8 heteroatoms. The Kier molecular flexibility index (Phi) is 7.06. The summed E-state index contributed by atoms with van der Waals surface area (Å²) in [5, 5.41) is 0.0987. The summed E-state index contributed by atoms with van der Waals surface area (Å²) in [6, 6.07) is 4.15.